The number of hydrogen-bond donors (Lipinski definition) is 1. The fourth-order valence-corrected chi connectivity index (χ4v) is 3.38. The molecule has 0 amide bonds. The van der Waals surface area contributed by atoms with Crippen molar-refractivity contribution < 1.29 is 23.5 Å². The van der Waals surface area contributed by atoms with Gasteiger partial charge in [0.2, 0.25) is 0 Å². The van der Waals surface area contributed by atoms with Crippen molar-refractivity contribution in [3.8, 4) is 17.6 Å². The summed E-state index contributed by atoms with van der Waals surface area (Å²) < 4.78 is 23.7. The monoisotopic (exact) mass is 392 g/mol. The Balaban J connectivity index is 2.29. The summed E-state index contributed by atoms with van der Waals surface area (Å²) in [5.41, 5.74) is -0.557. The molecule has 0 saturated carbocycles. The fraction of sp³-hybridized carbons (Fsp3) is 0.133. The summed E-state index contributed by atoms with van der Waals surface area (Å²) in [6.45, 7) is -0.152. The molecule has 0 aliphatic carbocycles. The maximum Gasteiger partial charge on any atom is 0.444 e. The third-order valence-corrected chi connectivity index (χ3v) is 4.64. The Labute approximate surface area is 153 Å². The molecule has 0 aromatic heterocycles. The van der Waals surface area contributed by atoms with Gasteiger partial charge in [0.1, 0.15) is 17.8 Å². The Hall–Kier alpha value is -3.48. The van der Waals surface area contributed by atoms with Gasteiger partial charge in [-0.3, -0.25) is 25.5 Å². The second-order valence-corrected chi connectivity index (χ2v) is 6.95. The molecule has 12 heteroatoms. The summed E-state index contributed by atoms with van der Waals surface area (Å²) in [4.78, 5) is 20.4. The van der Waals surface area contributed by atoms with E-state index in [1.165, 1.54) is 36.4 Å². The lowest BCUT2D eigenvalue weighted by Gasteiger charge is -2.20. The largest absolute Gasteiger partial charge is 0.444 e. The zero-order valence-corrected chi connectivity index (χ0v) is 14.6. The van der Waals surface area contributed by atoms with Crippen molar-refractivity contribution >= 4 is 19.0 Å². The van der Waals surface area contributed by atoms with Gasteiger partial charge in [-0.15, -0.1) is 0 Å². The third-order valence-electron chi connectivity index (χ3n) is 3.06. The first kappa shape index (κ1) is 19.8. The zero-order valence-electron chi connectivity index (χ0n) is 13.7. The molecule has 0 spiro atoms. The summed E-state index contributed by atoms with van der Waals surface area (Å²) in [5.74, 6) is -0.173. The molecule has 1 N–H and O–H groups in total. The highest BCUT2D eigenvalue weighted by molar-refractivity contribution is 7.54. The molecule has 0 fully saturated rings. The molecular weight excluding hydrogens is 379 g/mol. The first-order valence-corrected chi connectivity index (χ1v) is 9.10. The molecule has 0 radical (unpaired) electrons. The molecule has 0 atom stereocenters. The van der Waals surface area contributed by atoms with E-state index in [9.17, 15) is 24.8 Å². The van der Waals surface area contributed by atoms with Crippen LogP contribution < -0.4 is 14.4 Å². The van der Waals surface area contributed by atoms with E-state index in [4.69, 9.17) is 14.3 Å². The molecule has 0 aliphatic rings. The van der Waals surface area contributed by atoms with Crippen LogP contribution in [-0.4, -0.2) is 22.7 Å². The van der Waals surface area contributed by atoms with Crippen molar-refractivity contribution in [2.45, 2.75) is 0 Å². The highest BCUT2D eigenvalue weighted by Gasteiger charge is 2.29. The average molecular weight is 392 g/mol. The number of nitriles is 1. The van der Waals surface area contributed by atoms with Gasteiger partial charge in [0.05, 0.1) is 34.6 Å². The normalized spacial score (nSPS) is 10.6. The number of rotatable bonds is 9. The molecule has 0 heterocycles. The lowest BCUT2D eigenvalue weighted by atomic mass is 10.3. The second-order valence-electron chi connectivity index (χ2n) is 5.05. The van der Waals surface area contributed by atoms with Crippen molar-refractivity contribution in [1.29, 1.82) is 5.26 Å². The number of non-ortho nitro benzene ring substituents is 2. The van der Waals surface area contributed by atoms with E-state index in [1.54, 1.807) is 6.07 Å². The van der Waals surface area contributed by atoms with Crippen molar-refractivity contribution in [2.24, 2.45) is 0 Å². The van der Waals surface area contributed by atoms with E-state index < -0.39 is 23.7 Å². The molecule has 2 aromatic carbocycles. The first-order valence-electron chi connectivity index (χ1n) is 7.38. The van der Waals surface area contributed by atoms with Crippen LogP contribution in [0.4, 0.5) is 11.4 Å². The lowest BCUT2D eigenvalue weighted by molar-refractivity contribution is -0.385. The Kier molecular flexibility index (Phi) is 6.43. The van der Waals surface area contributed by atoms with Gasteiger partial charge in [-0.25, -0.2) is 4.57 Å². The van der Waals surface area contributed by atoms with Gasteiger partial charge < -0.3 is 9.05 Å². The molecule has 11 nitrogen and oxygen atoms in total. The van der Waals surface area contributed by atoms with Crippen molar-refractivity contribution in [3.05, 3.63) is 68.8 Å². The summed E-state index contributed by atoms with van der Waals surface area (Å²) in [6, 6.07) is 11.8. The van der Waals surface area contributed by atoms with Crippen LogP contribution in [0.2, 0.25) is 0 Å². The van der Waals surface area contributed by atoms with Crippen LogP contribution in [0.15, 0.2) is 48.5 Å². The van der Waals surface area contributed by atoms with E-state index in [2.05, 4.69) is 5.32 Å². The van der Waals surface area contributed by atoms with Gasteiger partial charge in [-0.1, -0.05) is 12.1 Å². The van der Waals surface area contributed by atoms with Crippen LogP contribution in [0, 0.1) is 31.6 Å². The second kappa shape index (κ2) is 8.75. The van der Waals surface area contributed by atoms with Gasteiger partial charge in [-0.2, -0.15) is 5.26 Å². The fourth-order valence-electron chi connectivity index (χ4n) is 1.96. The number of nitrogens with one attached hydrogen (secondary N) is 1. The van der Waals surface area contributed by atoms with E-state index in [0.29, 0.717) is 0 Å². The van der Waals surface area contributed by atoms with Crippen molar-refractivity contribution in [2.75, 3.05) is 12.8 Å². The van der Waals surface area contributed by atoms with Crippen LogP contribution in [0.25, 0.3) is 0 Å². The predicted molar refractivity (Wildman–Crippen MR) is 93.5 cm³/mol. The molecule has 2 rings (SSSR count). The minimum absolute atomic E-state index is 0.0864. The van der Waals surface area contributed by atoms with Crippen molar-refractivity contribution in [1.82, 2.24) is 5.32 Å². The van der Waals surface area contributed by atoms with E-state index in [-0.39, 0.29) is 29.4 Å². The molecule has 0 bridgehead atoms. The summed E-state index contributed by atoms with van der Waals surface area (Å²) in [7, 11) is -4.00. The summed E-state index contributed by atoms with van der Waals surface area (Å²) in [6.07, 6.45) is -0.397. The Morgan fingerprint density at radius 3 is 1.89 bits per heavy atom. The van der Waals surface area contributed by atoms with E-state index in [0.717, 1.165) is 12.1 Å². The highest BCUT2D eigenvalue weighted by atomic mass is 31.2. The van der Waals surface area contributed by atoms with Crippen LogP contribution >= 0.6 is 7.60 Å². The van der Waals surface area contributed by atoms with Gasteiger partial charge in [-0.05, 0) is 12.1 Å². The van der Waals surface area contributed by atoms with Crippen LogP contribution in [0.3, 0.4) is 0 Å². The lowest BCUT2D eigenvalue weighted by Crippen LogP contribution is -2.20. The minimum Gasteiger partial charge on any atom is -0.415 e. The molecule has 0 saturated heterocycles. The zero-order chi connectivity index (χ0) is 19.9. The Bertz CT molecular complexity index is 880. The molecule has 2 aromatic rings. The highest BCUT2D eigenvalue weighted by Crippen LogP contribution is 2.48. The van der Waals surface area contributed by atoms with Gasteiger partial charge in [0.25, 0.3) is 11.4 Å². The molecule has 0 aliphatic heterocycles. The van der Waals surface area contributed by atoms with E-state index >= 15 is 0 Å². The van der Waals surface area contributed by atoms with E-state index in [1.807, 2.05) is 0 Å². The van der Waals surface area contributed by atoms with Crippen LogP contribution in [0.1, 0.15) is 0 Å². The Morgan fingerprint density at radius 2 is 1.48 bits per heavy atom. The third kappa shape index (κ3) is 5.78. The maximum atomic E-state index is 13.0. The minimum atomic E-state index is -4.00. The van der Waals surface area contributed by atoms with Crippen LogP contribution in [-0.2, 0) is 4.57 Å². The summed E-state index contributed by atoms with van der Waals surface area (Å²) in [5, 5.41) is 32.9. The Morgan fingerprint density at radius 1 is 1.00 bits per heavy atom. The number of hydrogen-bond acceptors (Lipinski definition) is 9. The first-order chi connectivity index (χ1) is 12.8. The molecule has 0 unspecified atom stereocenters. The van der Waals surface area contributed by atoms with Gasteiger partial charge in [0.15, 0.2) is 0 Å². The van der Waals surface area contributed by atoms with Crippen molar-refractivity contribution in [3.63, 3.8) is 0 Å². The van der Waals surface area contributed by atoms with Crippen LogP contribution in [0.5, 0.6) is 11.5 Å². The number of nitro benzene ring substituents is 2. The standard InChI is InChI=1S/C15H13N4O7P/c16-7-8-17-11-27(24,25-14-5-1-3-12(9-14)18(20)21)26-15-6-2-4-13(10-15)19(22)23/h1-6,9-10,17H,8,11H2. The molecule has 27 heavy (non-hydrogen) atoms. The maximum absolute atomic E-state index is 13.0. The summed E-state index contributed by atoms with van der Waals surface area (Å²) >= 11 is 0. The number of benzene rings is 2. The van der Waals surface area contributed by atoms with Gasteiger partial charge >= 0.3 is 7.60 Å². The predicted octanol–water partition coefficient (Wildman–Crippen LogP) is 3.22. The number of nitrogens with zero attached hydrogens (tertiary/aromatic N) is 3. The average Bonchev–Trinajstić information content (AvgIpc) is 2.62. The SMILES string of the molecule is N#CCNCP(=O)(Oc1cccc([N+](=O)[O-])c1)Oc1cccc([N+](=O)[O-])c1. The van der Waals surface area contributed by atoms with Gasteiger partial charge in [0, 0.05) is 12.1 Å². The molecule has 140 valence electrons. The quantitative estimate of drug-likeness (QED) is 0.222. The smallest absolute Gasteiger partial charge is 0.415 e. The topological polar surface area (TPSA) is 158 Å². The molecular formula is C15H13N4O7P. The number of nitro groups is 2.